The molecule has 0 atom stereocenters. The SMILES string of the molecule is O=C(CCNC(=O)c1ccc2cn[nH]c2c1)Nc1ccc(-c2noc(C(F)(F)F)n2)cc1. The smallest absolute Gasteiger partial charge is 0.352 e. The van der Waals surface area contributed by atoms with E-state index in [4.69, 9.17) is 0 Å². The standard InChI is InChI=1S/C20H15F3N6O3/c21-20(22,23)19-27-17(29-32-19)11-3-5-14(6-4-11)26-16(30)7-8-24-18(31)12-1-2-13-10-25-28-15(13)9-12/h1-6,9-10H,7-8H2,(H,24,31)(H,25,28)(H,26,30). The molecule has 0 spiro atoms. The van der Waals surface area contributed by atoms with E-state index in [1.54, 1.807) is 24.4 Å². The summed E-state index contributed by atoms with van der Waals surface area (Å²) in [5.41, 5.74) is 1.89. The van der Waals surface area contributed by atoms with Crippen LogP contribution in [-0.2, 0) is 11.0 Å². The molecule has 4 rings (SSSR count). The Morgan fingerprint density at radius 3 is 2.59 bits per heavy atom. The lowest BCUT2D eigenvalue weighted by molar-refractivity contribution is -0.159. The fourth-order valence-corrected chi connectivity index (χ4v) is 2.85. The number of hydrogen-bond acceptors (Lipinski definition) is 6. The average molecular weight is 444 g/mol. The van der Waals surface area contributed by atoms with Gasteiger partial charge in [-0.3, -0.25) is 14.7 Å². The van der Waals surface area contributed by atoms with Crippen molar-refractivity contribution in [2.45, 2.75) is 12.6 Å². The first-order chi connectivity index (χ1) is 15.3. The Bertz CT molecular complexity index is 1260. The summed E-state index contributed by atoms with van der Waals surface area (Å²) >= 11 is 0. The van der Waals surface area contributed by atoms with Crippen LogP contribution >= 0.6 is 0 Å². The quantitative estimate of drug-likeness (QED) is 0.419. The summed E-state index contributed by atoms with van der Waals surface area (Å²) < 4.78 is 41.8. The predicted octanol–water partition coefficient (Wildman–Crippen LogP) is 3.39. The molecule has 2 aromatic heterocycles. The zero-order valence-corrected chi connectivity index (χ0v) is 16.2. The molecule has 2 amide bonds. The van der Waals surface area contributed by atoms with E-state index in [9.17, 15) is 22.8 Å². The third-order valence-electron chi connectivity index (χ3n) is 4.44. The number of fused-ring (bicyclic) bond motifs is 1. The van der Waals surface area contributed by atoms with E-state index < -0.39 is 12.1 Å². The van der Waals surface area contributed by atoms with E-state index in [1.165, 1.54) is 24.3 Å². The fraction of sp³-hybridized carbons (Fsp3) is 0.150. The number of halogens is 3. The second-order valence-corrected chi connectivity index (χ2v) is 6.72. The number of nitrogens with zero attached hydrogens (tertiary/aromatic N) is 3. The van der Waals surface area contributed by atoms with Gasteiger partial charge in [0.1, 0.15) is 0 Å². The number of hydrogen-bond donors (Lipinski definition) is 3. The molecular formula is C20H15F3N6O3. The number of nitrogens with one attached hydrogen (secondary N) is 3. The Morgan fingerprint density at radius 1 is 1.09 bits per heavy atom. The number of aromatic nitrogens is 4. The third-order valence-corrected chi connectivity index (χ3v) is 4.44. The summed E-state index contributed by atoms with van der Waals surface area (Å²) in [6.45, 7) is 0.118. The number of rotatable bonds is 6. The lowest BCUT2D eigenvalue weighted by Crippen LogP contribution is -2.27. The van der Waals surface area contributed by atoms with Gasteiger partial charge in [0, 0.05) is 35.2 Å². The second-order valence-electron chi connectivity index (χ2n) is 6.72. The van der Waals surface area contributed by atoms with Gasteiger partial charge in [-0.2, -0.15) is 23.3 Å². The molecular weight excluding hydrogens is 429 g/mol. The number of carbonyl (C=O) groups is 2. The van der Waals surface area contributed by atoms with Gasteiger partial charge in [0.2, 0.25) is 11.7 Å². The zero-order chi connectivity index (χ0) is 22.7. The molecule has 164 valence electrons. The van der Waals surface area contributed by atoms with E-state index >= 15 is 0 Å². The van der Waals surface area contributed by atoms with Crippen LogP contribution in [0.25, 0.3) is 22.3 Å². The van der Waals surface area contributed by atoms with Crippen LogP contribution in [0.2, 0.25) is 0 Å². The second kappa shape index (κ2) is 8.49. The highest BCUT2D eigenvalue weighted by molar-refractivity contribution is 5.98. The third kappa shape index (κ3) is 4.74. The van der Waals surface area contributed by atoms with Gasteiger partial charge < -0.3 is 15.2 Å². The number of aromatic amines is 1. The minimum atomic E-state index is -4.72. The van der Waals surface area contributed by atoms with Crippen LogP contribution in [0.4, 0.5) is 18.9 Å². The average Bonchev–Trinajstić information content (AvgIpc) is 3.43. The van der Waals surface area contributed by atoms with Gasteiger partial charge in [-0.15, -0.1) is 0 Å². The van der Waals surface area contributed by atoms with Crippen LogP contribution in [-0.4, -0.2) is 38.7 Å². The molecule has 0 unspecified atom stereocenters. The van der Waals surface area contributed by atoms with Gasteiger partial charge in [-0.1, -0.05) is 11.2 Å². The highest BCUT2D eigenvalue weighted by Crippen LogP contribution is 2.29. The Kier molecular flexibility index (Phi) is 5.58. The molecule has 3 N–H and O–H groups in total. The van der Waals surface area contributed by atoms with Crippen LogP contribution in [0.15, 0.2) is 53.2 Å². The van der Waals surface area contributed by atoms with Gasteiger partial charge in [0.25, 0.3) is 5.91 Å². The Morgan fingerprint density at radius 2 is 1.88 bits per heavy atom. The van der Waals surface area contributed by atoms with Crippen molar-refractivity contribution in [3.63, 3.8) is 0 Å². The highest BCUT2D eigenvalue weighted by atomic mass is 19.4. The monoisotopic (exact) mass is 444 g/mol. The summed E-state index contributed by atoms with van der Waals surface area (Å²) in [7, 11) is 0. The largest absolute Gasteiger partial charge is 0.471 e. The summed E-state index contributed by atoms with van der Waals surface area (Å²) in [6.07, 6.45) is -3.05. The van der Waals surface area contributed by atoms with Crippen LogP contribution in [0, 0.1) is 0 Å². The van der Waals surface area contributed by atoms with Crippen molar-refractivity contribution >= 4 is 28.4 Å². The van der Waals surface area contributed by atoms with Crippen molar-refractivity contribution in [1.82, 2.24) is 25.7 Å². The normalized spacial score (nSPS) is 11.5. The van der Waals surface area contributed by atoms with Gasteiger partial charge in [0.05, 0.1) is 11.7 Å². The molecule has 4 aromatic rings. The number of carbonyl (C=O) groups excluding carboxylic acids is 2. The lowest BCUT2D eigenvalue weighted by atomic mass is 10.1. The first kappa shape index (κ1) is 21.0. The van der Waals surface area contributed by atoms with E-state index in [-0.39, 0.29) is 30.6 Å². The summed E-state index contributed by atoms with van der Waals surface area (Å²) in [5, 5.41) is 16.2. The molecule has 0 aliphatic carbocycles. The summed E-state index contributed by atoms with van der Waals surface area (Å²) in [6, 6.07) is 11.0. The van der Waals surface area contributed by atoms with Crippen molar-refractivity contribution in [3.8, 4) is 11.4 Å². The van der Waals surface area contributed by atoms with Crippen LogP contribution < -0.4 is 10.6 Å². The molecule has 0 aliphatic heterocycles. The molecule has 9 nitrogen and oxygen atoms in total. The van der Waals surface area contributed by atoms with Gasteiger partial charge >= 0.3 is 12.1 Å². The van der Waals surface area contributed by atoms with E-state index in [2.05, 4.69) is 35.5 Å². The minimum absolute atomic E-state index is 0.0274. The highest BCUT2D eigenvalue weighted by Gasteiger charge is 2.38. The van der Waals surface area contributed by atoms with Gasteiger partial charge in [-0.25, -0.2) is 0 Å². The molecule has 0 radical (unpaired) electrons. The number of anilines is 1. The minimum Gasteiger partial charge on any atom is -0.352 e. The maximum Gasteiger partial charge on any atom is 0.471 e. The molecule has 0 bridgehead atoms. The van der Waals surface area contributed by atoms with E-state index in [1.807, 2.05) is 0 Å². The number of alkyl halides is 3. The van der Waals surface area contributed by atoms with Crippen LogP contribution in [0.5, 0.6) is 0 Å². The molecule has 0 saturated heterocycles. The Balaban J connectivity index is 1.27. The molecule has 12 heteroatoms. The van der Waals surface area contributed by atoms with Crippen molar-refractivity contribution in [1.29, 1.82) is 0 Å². The van der Waals surface area contributed by atoms with E-state index in [0.717, 1.165) is 10.9 Å². The van der Waals surface area contributed by atoms with Crippen LogP contribution in [0.3, 0.4) is 0 Å². The first-order valence-corrected chi connectivity index (χ1v) is 9.32. The van der Waals surface area contributed by atoms with Crippen molar-refractivity contribution < 1.29 is 27.3 Å². The van der Waals surface area contributed by atoms with Crippen molar-refractivity contribution in [3.05, 3.63) is 60.1 Å². The molecule has 0 fully saturated rings. The van der Waals surface area contributed by atoms with E-state index in [0.29, 0.717) is 16.8 Å². The molecule has 32 heavy (non-hydrogen) atoms. The Labute approximate surface area is 178 Å². The van der Waals surface area contributed by atoms with Crippen molar-refractivity contribution in [2.75, 3.05) is 11.9 Å². The number of benzene rings is 2. The maximum atomic E-state index is 12.5. The molecule has 0 aliphatic rings. The number of amides is 2. The first-order valence-electron chi connectivity index (χ1n) is 9.32. The maximum absolute atomic E-state index is 12.5. The van der Waals surface area contributed by atoms with Gasteiger partial charge in [-0.05, 0) is 36.4 Å². The van der Waals surface area contributed by atoms with Crippen LogP contribution in [0.1, 0.15) is 22.7 Å². The predicted molar refractivity (Wildman–Crippen MR) is 106 cm³/mol. The van der Waals surface area contributed by atoms with Gasteiger partial charge in [0.15, 0.2) is 0 Å². The topological polar surface area (TPSA) is 126 Å². The number of H-pyrrole nitrogens is 1. The summed E-state index contributed by atoms with van der Waals surface area (Å²) in [4.78, 5) is 27.6. The Hall–Kier alpha value is -4.22. The summed E-state index contributed by atoms with van der Waals surface area (Å²) in [5.74, 6) is -2.32. The zero-order valence-electron chi connectivity index (χ0n) is 16.2. The molecule has 0 saturated carbocycles. The molecule has 2 heterocycles. The lowest BCUT2D eigenvalue weighted by Gasteiger charge is -2.07. The molecule has 2 aromatic carbocycles. The van der Waals surface area contributed by atoms with Crippen molar-refractivity contribution in [2.24, 2.45) is 0 Å². The fourth-order valence-electron chi connectivity index (χ4n) is 2.85.